The summed E-state index contributed by atoms with van der Waals surface area (Å²) in [7, 11) is 0. The number of carbonyl (C=O) groups excluding carboxylic acids is 2. The molecule has 2 amide bonds. The zero-order valence-corrected chi connectivity index (χ0v) is 13.6. The van der Waals surface area contributed by atoms with E-state index in [-0.39, 0.29) is 24.1 Å². The van der Waals surface area contributed by atoms with E-state index in [4.69, 9.17) is 0 Å². The smallest absolute Gasteiger partial charge is 0.254 e. The minimum atomic E-state index is -0.845. The normalized spacial score (nSPS) is 20.1. The molecule has 0 radical (unpaired) electrons. The molecule has 3 rings (SSSR count). The van der Waals surface area contributed by atoms with Crippen LogP contribution in [0.15, 0.2) is 54.6 Å². The van der Waals surface area contributed by atoms with Crippen molar-refractivity contribution in [3.05, 3.63) is 65.7 Å². The Hall–Kier alpha value is -2.86. The third-order valence-corrected chi connectivity index (χ3v) is 4.31. The van der Waals surface area contributed by atoms with Crippen molar-refractivity contribution >= 4 is 11.8 Å². The zero-order valence-electron chi connectivity index (χ0n) is 13.6. The van der Waals surface area contributed by atoms with Gasteiger partial charge in [0.15, 0.2) is 0 Å². The number of aliphatic hydroxyl groups excluding tert-OH is 1. The first-order valence-corrected chi connectivity index (χ1v) is 8.17. The largest absolute Gasteiger partial charge is 0.508 e. The van der Waals surface area contributed by atoms with Crippen LogP contribution in [0.25, 0.3) is 0 Å². The quantitative estimate of drug-likeness (QED) is 0.788. The van der Waals surface area contributed by atoms with Crippen LogP contribution in [0.3, 0.4) is 0 Å². The number of carbonyl (C=O) groups is 2. The van der Waals surface area contributed by atoms with Gasteiger partial charge in [-0.25, -0.2) is 0 Å². The van der Waals surface area contributed by atoms with E-state index in [1.165, 1.54) is 17.0 Å². The van der Waals surface area contributed by atoms with E-state index in [1.807, 2.05) is 6.07 Å². The Bertz CT molecular complexity index is 763. The summed E-state index contributed by atoms with van der Waals surface area (Å²) in [5.74, 6) is -0.461. The third kappa shape index (κ3) is 3.97. The summed E-state index contributed by atoms with van der Waals surface area (Å²) in [6.45, 7) is 0.555. The van der Waals surface area contributed by atoms with Crippen molar-refractivity contribution in [3.8, 4) is 5.75 Å². The number of nitrogens with one attached hydrogen (secondary N) is 1. The van der Waals surface area contributed by atoms with Gasteiger partial charge in [0.1, 0.15) is 5.75 Å². The highest BCUT2D eigenvalue weighted by Gasteiger charge is 2.31. The van der Waals surface area contributed by atoms with E-state index >= 15 is 0 Å². The van der Waals surface area contributed by atoms with Crippen LogP contribution in [0.5, 0.6) is 5.75 Å². The van der Waals surface area contributed by atoms with Crippen LogP contribution in [0, 0.1) is 0 Å². The minimum Gasteiger partial charge on any atom is -0.508 e. The van der Waals surface area contributed by atoms with Gasteiger partial charge >= 0.3 is 0 Å². The molecule has 0 aromatic heterocycles. The molecule has 130 valence electrons. The molecule has 3 N–H and O–H groups in total. The molecular formula is C19H20N2O4. The van der Waals surface area contributed by atoms with Gasteiger partial charge in [0.2, 0.25) is 0 Å². The number of hydrogen-bond acceptors (Lipinski definition) is 4. The first kappa shape index (κ1) is 17.0. The molecule has 0 unspecified atom stereocenters. The Balaban J connectivity index is 1.61. The maximum Gasteiger partial charge on any atom is 0.254 e. The second-order valence-corrected chi connectivity index (χ2v) is 6.10. The number of amides is 2. The number of aromatic hydroxyl groups is 1. The van der Waals surface area contributed by atoms with E-state index in [0.29, 0.717) is 24.1 Å². The van der Waals surface area contributed by atoms with Gasteiger partial charge in [-0.1, -0.05) is 24.3 Å². The maximum atomic E-state index is 12.5. The molecule has 1 aliphatic heterocycles. The SMILES string of the molecule is O=C(N[C@@H]1CCN(C(=O)c2cccc(O)c2)C[C@H]1O)c1ccccc1. The number of aliphatic hydroxyl groups is 1. The van der Waals surface area contributed by atoms with Gasteiger partial charge in [0, 0.05) is 24.2 Å². The van der Waals surface area contributed by atoms with Gasteiger partial charge in [-0.2, -0.15) is 0 Å². The van der Waals surface area contributed by atoms with Crippen LogP contribution in [0.1, 0.15) is 27.1 Å². The fraction of sp³-hybridized carbons (Fsp3) is 0.263. The average Bonchev–Trinajstić information content (AvgIpc) is 2.63. The molecule has 0 saturated carbocycles. The predicted octanol–water partition coefficient (Wildman–Crippen LogP) is 1.40. The van der Waals surface area contributed by atoms with Gasteiger partial charge in [-0.05, 0) is 36.8 Å². The molecule has 6 heteroatoms. The van der Waals surface area contributed by atoms with Crippen molar-refractivity contribution in [2.24, 2.45) is 0 Å². The Morgan fingerprint density at radius 2 is 1.76 bits per heavy atom. The molecule has 2 aromatic carbocycles. The second-order valence-electron chi connectivity index (χ2n) is 6.10. The average molecular weight is 340 g/mol. The fourth-order valence-corrected chi connectivity index (χ4v) is 2.95. The van der Waals surface area contributed by atoms with Crippen LogP contribution in [0.2, 0.25) is 0 Å². The summed E-state index contributed by atoms with van der Waals surface area (Å²) in [5, 5.41) is 22.6. The monoisotopic (exact) mass is 340 g/mol. The first-order valence-electron chi connectivity index (χ1n) is 8.17. The second kappa shape index (κ2) is 7.36. The van der Waals surface area contributed by atoms with E-state index in [2.05, 4.69) is 5.32 Å². The number of β-amino-alcohol motifs (C(OH)–C–C–N with tert-alkyl or cyclic N) is 1. The number of rotatable bonds is 3. The summed E-state index contributed by atoms with van der Waals surface area (Å²) in [5.41, 5.74) is 0.909. The summed E-state index contributed by atoms with van der Waals surface area (Å²) >= 11 is 0. The molecule has 2 atom stereocenters. The molecule has 0 spiro atoms. The molecule has 0 bridgehead atoms. The molecule has 2 aromatic rings. The molecular weight excluding hydrogens is 320 g/mol. The van der Waals surface area contributed by atoms with Crippen molar-refractivity contribution in [3.63, 3.8) is 0 Å². The van der Waals surface area contributed by atoms with Crippen LogP contribution in [-0.4, -0.2) is 52.2 Å². The molecule has 1 saturated heterocycles. The highest BCUT2D eigenvalue weighted by Crippen LogP contribution is 2.18. The number of hydrogen-bond donors (Lipinski definition) is 3. The van der Waals surface area contributed by atoms with Gasteiger partial charge in [-0.3, -0.25) is 9.59 Å². The minimum absolute atomic E-state index is 0.0245. The molecule has 25 heavy (non-hydrogen) atoms. The Labute approximate surface area is 145 Å². The summed E-state index contributed by atoms with van der Waals surface area (Å²) in [6, 6.07) is 14.5. The zero-order chi connectivity index (χ0) is 17.8. The highest BCUT2D eigenvalue weighted by atomic mass is 16.3. The lowest BCUT2D eigenvalue weighted by atomic mass is 10.00. The molecule has 1 aliphatic rings. The van der Waals surface area contributed by atoms with Crippen molar-refractivity contribution < 1.29 is 19.8 Å². The van der Waals surface area contributed by atoms with E-state index in [9.17, 15) is 19.8 Å². The first-order chi connectivity index (χ1) is 12.0. The lowest BCUT2D eigenvalue weighted by molar-refractivity contribution is 0.0314. The van der Waals surface area contributed by atoms with Crippen molar-refractivity contribution in [2.75, 3.05) is 13.1 Å². The number of phenolic OH excluding ortho intramolecular Hbond substituents is 1. The number of benzene rings is 2. The fourth-order valence-electron chi connectivity index (χ4n) is 2.95. The van der Waals surface area contributed by atoms with Crippen LogP contribution < -0.4 is 5.32 Å². The van der Waals surface area contributed by atoms with Crippen molar-refractivity contribution in [1.82, 2.24) is 10.2 Å². The number of piperidine rings is 1. The Morgan fingerprint density at radius 1 is 1.04 bits per heavy atom. The van der Waals surface area contributed by atoms with E-state index in [0.717, 1.165) is 0 Å². The Kier molecular flexibility index (Phi) is 5.00. The van der Waals surface area contributed by atoms with E-state index in [1.54, 1.807) is 36.4 Å². The number of nitrogens with zero attached hydrogens (tertiary/aromatic N) is 1. The lowest BCUT2D eigenvalue weighted by Gasteiger charge is -2.36. The molecule has 0 aliphatic carbocycles. The van der Waals surface area contributed by atoms with Gasteiger partial charge in [0.05, 0.1) is 12.1 Å². The maximum absolute atomic E-state index is 12.5. The molecule has 1 fully saturated rings. The topological polar surface area (TPSA) is 89.9 Å². The van der Waals surface area contributed by atoms with Gasteiger partial charge < -0.3 is 20.4 Å². The van der Waals surface area contributed by atoms with Crippen LogP contribution in [-0.2, 0) is 0 Å². The summed E-state index contributed by atoms with van der Waals surface area (Å²) in [4.78, 5) is 26.2. The molecule has 6 nitrogen and oxygen atoms in total. The van der Waals surface area contributed by atoms with E-state index < -0.39 is 12.1 Å². The number of phenols is 1. The summed E-state index contributed by atoms with van der Waals surface area (Å²) in [6.07, 6.45) is -0.382. The molecule has 1 heterocycles. The lowest BCUT2D eigenvalue weighted by Crippen LogP contribution is -2.55. The number of likely N-dealkylation sites (tertiary alicyclic amines) is 1. The van der Waals surface area contributed by atoms with Gasteiger partial charge in [-0.15, -0.1) is 0 Å². The highest BCUT2D eigenvalue weighted by molar-refractivity contribution is 5.95. The predicted molar refractivity (Wildman–Crippen MR) is 92.3 cm³/mol. The van der Waals surface area contributed by atoms with Gasteiger partial charge in [0.25, 0.3) is 11.8 Å². The van der Waals surface area contributed by atoms with Crippen molar-refractivity contribution in [2.45, 2.75) is 18.6 Å². The standard InChI is InChI=1S/C19H20N2O4/c22-15-8-4-7-14(11-15)19(25)21-10-9-16(17(23)12-21)20-18(24)13-5-2-1-3-6-13/h1-8,11,16-17,22-23H,9-10,12H2,(H,20,24)/t16-,17-/m1/s1. The van der Waals surface area contributed by atoms with Crippen molar-refractivity contribution in [1.29, 1.82) is 0 Å². The third-order valence-electron chi connectivity index (χ3n) is 4.31. The van der Waals surface area contributed by atoms with Crippen LogP contribution >= 0.6 is 0 Å². The Morgan fingerprint density at radius 3 is 2.44 bits per heavy atom. The van der Waals surface area contributed by atoms with Crippen LogP contribution in [0.4, 0.5) is 0 Å². The summed E-state index contributed by atoms with van der Waals surface area (Å²) < 4.78 is 0.